The highest BCUT2D eigenvalue weighted by Crippen LogP contribution is 2.15. The predicted molar refractivity (Wildman–Crippen MR) is 43.0 cm³/mol. The molecule has 0 saturated heterocycles. The van der Waals surface area contributed by atoms with Crippen LogP contribution in [0.2, 0.25) is 0 Å². The molecule has 0 saturated carbocycles. The molecule has 0 radical (unpaired) electrons. The van der Waals surface area contributed by atoms with Crippen LogP contribution >= 0.6 is 0 Å². The van der Waals surface area contributed by atoms with Gasteiger partial charge in [-0.05, 0) is 6.07 Å². The number of aromatic nitrogens is 3. The molecular weight excluding hydrogens is 138 g/mol. The summed E-state index contributed by atoms with van der Waals surface area (Å²) in [5, 5.41) is 4.08. The van der Waals surface area contributed by atoms with Gasteiger partial charge in [0.15, 0.2) is 0 Å². The van der Waals surface area contributed by atoms with Gasteiger partial charge in [-0.25, -0.2) is 0 Å². The van der Waals surface area contributed by atoms with E-state index < -0.39 is 0 Å². The van der Waals surface area contributed by atoms with Crippen LogP contribution < -0.4 is 0 Å². The fourth-order valence-corrected chi connectivity index (χ4v) is 1.07. The molecule has 0 unspecified atom stereocenters. The summed E-state index contributed by atoms with van der Waals surface area (Å²) in [6.45, 7) is 0. The SMILES string of the molecule is Cn1cc(-c2cc[nH]c2)cn1. The van der Waals surface area contributed by atoms with E-state index in [0.717, 1.165) is 5.56 Å². The van der Waals surface area contributed by atoms with E-state index in [1.54, 1.807) is 4.68 Å². The molecule has 0 aliphatic rings. The smallest absolute Gasteiger partial charge is 0.0568 e. The lowest BCUT2D eigenvalue weighted by Crippen LogP contribution is -1.83. The Hall–Kier alpha value is -1.51. The molecule has 3 heteroatoms. The zero-order valence-corrected chi connectivity index (χ0v) is 6.28. The number of hydrogen-bond donors (Lipinski definition) is 1. The lowest BCUT2D eigenvalue weighted by molar-refractivity contribution is 0.768. The van der Waals surface area contributed by atoms with E-state index in [4.69, 9.17) is 0 Å². The first-order valence-corrected chi connectivity index (χ1v) is 3.48. The molecule has 3 nitrogen and oxygen atoms in total. The van der Waals surface area contributed by atoms with Gasteiger partial charge in [-0.1, -0.05) is 0 Å². The summed E-state index contributed by atoms with van der Waals surface area (Å²) in [5.74, 6) is 0. The third kappa shape index (κ3) is 1.05. The van der Waals surface area contributed by atoms with E-state index >= 15 is 0 Å². The highest BCUT2D eigenvalue weighted by Gasteiger charge is 1.97. The van der Waals surface area contributed by atoms with E-state index in [0.29, 0.717) is 0 Å². The third-order valence-corrected chi connectivity index (χ3v) is 1.64. The van der Waals surface area contributed by atoms with Crippen LogP contribution in [0.5, 0.6) is 0 Å². The molecule has 0 bridgehead atoms. The average Bonchev–Trinajstić information content (AvgIpc) is 2.55. The molecule has 11 heavy (non-hydrogen) atoms. The Kier molecular flexibility index (Phi) is 1.28. The van der Waals surface area contributed by atoms with Gasteiger partial charge < -0.3 is 4.98 Å². The minimum absolute atomic E-state index is 1.15. The highest BCUT2D eigenvalue weighted by atomic mass is 15.2. The van der Waals surface area contributed by atoms with E-state index in [1.807, 2.05) is 37.9 Å². The minimum Gasteiger partial charge on any atom is -0.367 e. The van der Waals surface area contributed by atoms with E-state index in [2.05, 4.69) is 10.1 Å². The van der Waals surface area contributed by atoms with Gasteiger partial charge in [-0.3, -0.25) is 4.68 Å². The molecule has 0 amide bonds. The second-order valence-corrected chi connectivity index (χ2v) is 2.50. The number of nitrogens with zero attached hydrogens (tertiary/aromatic N) is 2. The van der Waals surface area contributed by atoms with Crippen LogP contribution in [0.1, 0.15) is 0 Å². The van der Waals surface area contributed by atoms with Crippen LogP contribution in [-0.4, -0.2) is 14.8 Å². The van der Waals surface area contributed by atoms with Gasteiger partial charge >= 0.3 is 0 Å². The van der Waals surface area contributed by atoms with E-state index in [9.17, 15) is 0 Å². The average molecular weight is 147 g/mol. The van der Waals surface area contributed by atoms with Gasteiger partial charge in [-0.15, -0.1) is 0 Å². The zero-order chi connectivity index (χ0) is 7.68. The van der Waals surface area contributed by atoms with Crippen molar-refractivity contribution in [3.8, 4) is 11.1 Å². The van der Waals surface area contributed by atoms with Crippen molar-refractivity contribution in [2.24, 2.45) is 7.05 Å². The quantitative estimate of drug-likeness (QED) is 0.650. The summed E-state index contributed by atoms with van der Waals surface area (Å²) in [6.07, 6.45) is 7.70. The number of aromatic amines is 1. The normalized spacial score (nSPS) is 10.3. The maximum absolute atomic E-state index is 4.08. The van der Waals surface area contributed by atoms with Crippen LogP contribution in [0.4, 0.5) is 0 Å². The Morgan fingerprint density at radius 2 is 2.36 bits per heavy atom. The lowest BCUT2D eigenvalue weighted by Gasteiger charge is -1.86. The number of aryl methyl sites for hydroxylation is 1. The summed E-state index contributed by atoms with van der Waals surface area (Å²) in [4.78, 5) is 3.00. The standard InChI is InChI=1S/C8H9N3/c1-11-6-8(5-10-11)7-2-3-9-4-7/h2-6,9H,1H3. The molecule has 0 fully saturated rings. The first kappa shape index (κ1) is 6.22. The maximum Gasteiger partial charge on any atom is 0.0568 e. The molecule has 2 aromatic rings. The first-order chi connectivity index (χ1) is 5.36. The maximum atomic E-state index is 4.08. The van der Waals surface area contributed by atoms with Crippen molar-refractivity contribution in [2.45, 2.75) is 0 Å². The van der Waals surface area contributed by atoms with Gasteiger partial charge in [0.25, 0.3) is 0 Å². The van der Waals surface area contributed by atoms with Gasteiger partial charge in [-0.2, -0.15) is 5.10 Å². The van der Waals surface area contributed by atoms with E-state index in [1.165, 1.54) is 5.56 Å². The van der Waals surface area contributed by atoms with Crippen molar-refractivity contribution in [3.63, 3.8) is 0 Å². The molecule has 56 valence electrons. The topological polar surface area (TPSA) is 33.6 Å². The van der Waals surface area contributed by atoms with Crippen molar-refractivity contribution in [1.29, 1.82) is 0 Å². The lowest BCUT2D eigenvalue weighted by atomic mass is 10.2. The molecule has 0 aromatic carbocycles. The summed E-state index contributed by atoms with van der Waals surface area (Å²) in [5.41, 5.74) is 2.33. The van der Waals surface area contributed by atoms with Crippen LogP contribution in [0, 0.1) is 0 Å². The third-order valence-electron chi connectivity index (χ3n) is 1.64. The van der Waals surface area contributed by atoms with Crippen molar-refractivity contribution in [2.75, 3.05) is 0 Å². The highest BCUT2D eigenvalue weighted by molar-refractivity contribution is 5.60. The molecule has 2 aromatic heterocycles. The Morgan fingerprint density at radius 3 is 2.91 bits per heavy atom. The fraction of sp³-hybridized carbons (Fsp3) is 0.125. The summed E-state index contributed by atoms with van der Waals surface area (Å²) in [7, 11) is 1.91. The second kappa shape index (κ2) is 2.27. The Bertz CT molecular complexity index is 332. The van der Waals surface area contributed by atoms with Crippen LogP contribution in [-0.2, 0) is 7.05 Å². The molecular formula is C8H9N3. The first-order valence-electron chi connectivity index (χ1n) is 3.48. The van der Waals surface area contributed by atoms with E-state index in [-0.39, 0.29) is 0 Å². The molecule has 1 N–H and O–H groups in total. The Balaban J connectivity index is 2.45. The van der Waals surface area contributed by atoms with Gasteiger partial charge in [0.05, 0.1) is 6.20 Å². The summed E-state index contributed by atoms with van der Waals surface area (Å²) >= 11 is 0. The van der Waals surface area contributed by atoms with Crippen molar-refractivity contribution in [3.05, 3.63) is 30.9 Å². The van der Waals surface area contributed by atoms with Gasteiger partial charge in [0, 0.05) is 36.8 Å². The van der Waals surface area contributed by atoms with Crippen LogP contribution in [0.3, 0.4) is 0 Å². The molecule has 0 aliphatic carbocycles. The number of rotatable bonds is 1. The van der Waals surface area contributed by atoms with Gasteiger partial charge in [0.2, 0.25) is 0 Å². The molecule has 0 spiro atoms. The van der Waals surface area contributed by atoms with Crippen molar-refractivity contribution in [1.82, 2.24) is 14.8 Å². The summed E-state index contributed by atoms with van der Waals surface area (Å²) < 4.78 is 1.79. The van der Waals surface area contributed by atoms with Crippen molar-refractivity contribution < 1.29 is 0 Å². The van der Waals surface area contributed by atoms with Crippen LogP contribution in [0.25, 0.3) is 11.1 Å². The zero-order valence-electron chi connectivity index (χ0n) is 6.28. The minimum atomic E-state index is 1.15. The molecule has 0 aliphatic heterocycles. The second-order valence-electron chi connectivity index (χ2n) is 2.50. The number of H-pyrrole nitrogens is 1. The van der Waals surface area contributed by atoms with Crippen molar-refractivity contribution >= 4 is 0 Å². The predicted octanol–water partition coefficient (Wildman–Crippen LogP) is 1.42. The Morgan fingerprint density at radius 1 is 1.45 bits per heavy atom. The van der Waals surface area contributed by atoms with Crippen LogP contribution in [0.15, 0.2) is 30.9 Å². The summed E-state index contributed by atoms with van der Waals surface area (Å²) in [6, 6.07) is 2.02. The largest absolute Gasteiger partial charge is 0.367 e. The molecule has 0 atom stereocenters. The number of hydrogen-bond acceptors (Lipinski definition) is 1. The Labute approximate surface area is 64.7 Å². The monoisotopic (exact) mass is 147 g/mol. The van der Waals surface area contributed by atoms with Gasteiger partial charge in [0.1, 0.15) is 0 Å². The fourth-order valence-electron chi connectivity index (χ4n) is 1.07. The number of nitrogens with one attached hydrogen (secondary N) is 1. The molecule has 2 rings (SSSR count). The molecule has 2 heterocycles.